The number of halogens is 1. The van der Waals surface area contributed by atoms with E-state index in [0.717, 1.165) is 18.7 Å². The molecule has 3 N–H and O–H groups in total. The molecule has 0 radical (unpaired) electrons. The molecule has 94 valence electrons. The molecule has 1 fully saturated rings. The number of rotatable bonds is 4. The molecule has 0 aromatic heterocycles. The topological polar surface area (TPSA) is 56.5 Å². The van der Waals surface area contributed by atoms with Gasteiger partial charge in [-0.1, -0.05) is 17.7 Å². The van der Waals surface area contributed by atoms with Gasteiger partial charge in [0.25, 0.3) is 0 Å². The molecule has 1 heterocycles. The number of benzene rings is 1. The first kappa shape index (κ1) is 12.5. The van der Waals surface area contributed by atoms with E-state index in [4.69, 9.17) is 26.8 Å². The Bertz CT molecular complexity index is 392. The fourth-order valence-corrected chi connectivity index (χ4v) is 2.08. The van der Waals surface area contributed by atoms with Crippen LogP contribution in [-0.4, -0.2) is 32.5 Å². The van der Waals surface area contributed by atoms with Gasteiger partial charge in [0.15, 0.2) is 0 Å². The summed E-state index contributed by atoms with van der Waals surface area (Å²) in [6.45, 7) is 2.01. The van der Waals surface area contributed by atoms with Crippen LogP contribution in [0.5, 0.6) is 0 Å². The van der Waals surface area contributed by atoms with Crippen LogP contribution >= 0.6 is 11.6 Å². The number of nitrogen functional groups attached to an aromatic ring is 1. The fourth-order valence-electron chi connectivity index (χ4n) is 1.91. The van der Waals surface area contributed by atoms with Gasteiger partial charge in [-0.3, -0.25) is 0 Å². The number of hydrogen-bond donors (Lipinski definition) is 2. The van der Waals surface area contributed by atoms with E-state index in [1.54, 1.807) is 13.2 Å². The van der Waals surface area contributed by atoms with Crippen LogP contribution in [0.2, 0.25) is 5.02 Å². The molecule has 17 heavy (non-hydrogen) atoms. The minimum absolute atomic E-state index is 0.255. The van der Waals surface area contributed by atoms with Crippen LogP contribution in [0.3, 0.4) is 0 Å². The zero-order chi connectivity index (χ0) is 12.3. The number of methoxy groups -OCH3 is 1. The van der Waals surface area contributed by atoms with Crippen molar-refractivity contribution < 1.29 is 9.47 Å². The summed E-state index contributed by atoms with van der Waals surface area (Å²) < 4.78 is 10.9. The van der Waals surface area contributed by atoms with Gasteiger partial charge in [0.2, 0.25) is 0 Å². The SMILES string of the molecule is COC1(CNc2cccc(Cl)c2N)CCOC1. The van der Waals surface area contributed by atoms with E-state index in [1.807, 2.05) is 12.1 Å². The van der Waals surface area contributed by atoms with Gasteiger partial charge < -0.3 is 20.5 Å². The maximum atomic E-state index is 5.96. The van der Waals surface area contributed by atoms with E-state index in [2.05, 4.69) is 5.32 Å². The number of hydrogen-bond acceptors (Lipinski definition) is 4. The Morgan fingerprint density at radius 1 is 1.59 bits per heavy atom. The Morgan fingerprint density at radius 3 is 3.06 bits per heavy atom. The molecule has 1 aliphatic heterocycles. The van der Waals surface area contributed by atoms with Crippen molar-refractivity contribution >= 4 is 23.0 Å². The minimum atomic E-state index is -0.255. The Balaban J connectivity index is 2.04. The minimum Gasteiger partial charge on any atom is -0.396 e. The highest BCUT2D eigenvalue weighted by Gasteiger charge is 2.34. The molecule has 0 aliphatic carbocycles. The molecule has 0 spiro atoms. The summed E-state index contributed by atoms with van der Waals surface area (Å²) in [6, 6.07) is 5.54. The molecule has 1 aliphatic rings. The third-order valence-corrected chi connectivity index (χ3v) is 3.48. The normalized spacial score (nSPS) is 23.9. The molecule has 1 atom stereocenters. The highest BCUT2D eigenvalue weighted by atomic mass is 35.5. The lowest BCUT2D eigenvalue weighted by Gasteiger charge is -2.26. The zero-order valence-electron chi connectivity index (χ0n) is 9.83. The molecule has 0 saturated carbocycles. The van der Waals surface area contributed by atoms with Gasteiger partial charge in [0.05, 0.1) is 23.0 Å². The van der Waals surface area contributed by atoms with Crippen LogP contribution in [0, 0.1) is 0 Å². The molecule has 2 rings (SSSR count). The van der Waals surface area contributed by atoms with Crippen LogP contribution in [0.1, 0.15) is 6.42 Å². The third-order valence-electron chi connectivity index (χ3n) is 3.15. The van der Waals surface area contributed by atoms with Crippen LogP contribution in [0.15, 0.2) is 18.2 Å². The van der Waals surface area contributed by atoms with Gasteiger partial charge in [-0.15, -0.1) is 0 Å². The molecular weight excluding hydrogens is 240 g/mol. The lowest BCUT2D eigenvalue weighted by molar-refractivity contribution is -0.00618. The molecule has 4 nitrogen and oxygen atoms in total. The van der Waals surface area contributed by atoms with E-state index in [1.165, 1.54) is 0 Å². The lowest BCUT2D eigenvalue weighted by Crippen LogP contribution is -2.39. The van der Waals surface area contributed by atoms with Crippen molar-refractivity contribution in [3.05, 3.63) is 23.2 Å². The summed E-state index contributed by atoms with van der Waals surface area (Å²) in [6.07, 6.45) is 0.886. The summed E-state index contributed by atoms with van der Waals surface area (Å²) in [4.78, 5) is 0. The van der Waals surface area contributed by atoms with Crippen LogP contribution in [0.25, 0.3) is 0 Å². The Labute approximate surface area is 106 Å². The Morgan fingerprint density at radius 2 is 2.41 bits per heavy atom. The highest BCUT2D eigenvalue weighted by Crippen LogP contribution is 2.29. The van der Waals surface area contributed by atoms with E-state index in [-0.39, 0.29) is 5.60 Å². The van der Waals surface area contributed by atoms with Crippen molar-refractivity contribution in [1.29, 1.82) is 0 Å². The van der Waals surface area contributed by atoms with E-state index in [9.17, 15) is 0 Å². The highest BCUT2D eigenvalue weighted by molar-refractivity contribution is 6.33. The first-order chi connectivity index (χ1) is 8.17. The molecule has 0 bridgehead atoms. The second-order valence-corrected chi connectivity index (χ2v) is 4.65. The maximum Gasteiger partial charge on any atom is 0.110 e. The summed E-state index contributed by atoms with van der Waals surface area (Å²) in [5.41, 5.74) is 7.03. The average Bonchev–Trinajstić information content (AvgIpc) is 2.81. The molecule has 1 saturated heterocycles. The maximum absolute atomic E-state index is 5.96. The van der Waals surface area contributed by atoms with Gasteiger partial charge in [-0.25, -0.2) is 0 Å². The number of anilines is 2. The Kier molecular flexibility index (Phi) is 3.76. The quantitative estimate of drug-likeness (QED) is 0.811. The first-order valence-electron chi connectivity index (χ1n) is 5.58. The second kappa shape index (κ2) is 5.12. The molecule has 0 amide bonds. The van der Waals surface area contributed by atoms with Gasteiger partial charge >= 0.3 is 0 Å². The monoisotopic (exact) mass is 256 g/mol. The largest absolute Gasteiger partial charge is 0.396 e. The summed E-state index contributed by atoms with van der Waals surface area (Å²) in [5, 5.41) is 3.83. The van der Waals surface area contributed by atoms with Gasteiger partial charge in [-0.05, 0) is 12.1 Å². The number of nitrogens with one attached hydrogen (secondary N) is 1. The predicted molar refractivity (Wildman–Crippen MR) is 69.5 cm³/mol. The van der Waals surface area contributed by atoms with Crippen molar-refractivity contribution in [3.8, 4) is 0 Å². The molecule has 1 aromatic carbocycles. The van der Waals surface area contributed by atoms with Crippen molar-refractivity contribution in [2.75, 3.05) is 37.9 Å². The van der Waals surface area contributed by atoms with Crippen LogP contribution < -0.4 is 11.1 Å². The fraction of sp³-hybridized carbons (Fsp3) is 0.500. The van der Waals surface area contributed by atoms with Gasteiger partial charge in [-0.2, -0.15) is 0 Å². The lowest BCUT2D eigenvalue weighted by atomic mass is 10.0. The van der Waals surface area contributed by atoms with Crippen molar-refractivity contribution in [1.82, 2.24) is 0 Å². The van der Waals surface area contributed by atoms with Crippen molar-refractivity contribution in [2.45, 2.75) is 12.0 Å². The summed E-state index contributed by atoms with van der Waals surface area (Å²) in [7, 11) is 1.71. The molecular formula is C12H17ClN2O2. The second-order valence-electron chi connectivity index (χ2n) is 4.24. The zero-order valence-corrected chi connectivity index (χ0v) is 10.6. The number of para-hydroxylation sites is 1. The van der Waals surface area contributed by atoms with Gasteiger partial charge in [0, 0.05) is 26.7 Å². The number of ether oxygens (including phenoxy) is 2. The Hall–Kier alpha value is -0.970. The van der Waals surface area contributed by atoms with E-state index >= 15 is 0 Å². The van der Waals surface area contributed by atoms with Crippen LogP contribution in [0.4, 0.5) is 11.4 Å². The first-order valence-corrected chi connectivity index (χ1v) is 5.95. The van der Waals surface area contributed by atoms with E-state index in [0.29, 0.717) is 23.9 Å². The molecule has 1 unspecified atom stereocenters. The van der Waals surface area contributed by atoms with Gasteiger partial charge in [0.1, 0.15) is 5.60 Å². The predicted octanol–water partition coefficient (Wildman–Crippen LogP) is 2.14. The van der Waals surface area contributed by atoms with Crippen LogP contribution in [-0.2, 0) is 9.47 Å². The molecule has 5 heteroatoms. The summed E-state index contributed by atoms with van der Waals surface area (Å²) in [5.74, 6) is 0. The number of nitrogens with two attached hydrogens (primary N) is 1. The smallest absolute Gasteiger partial charge is 0.110 e. The summed E-state index contributed by atoms with van der Waals surface area (Å²) >= 11 is 5.96. The third kappa shape index (κ3) is 2.65. The standard InChI is InChI=1S/C12H17ClN2O2/c1-16-12(5-6-17-8-12)7-15-10-4-2-3-9(13)11(10)14/h2-4,15H,5-8,14H2,1H3. The van der Waals surface area contributed by atoms with E-state index < -0.39 is 0 Å². The van der Waals surface area contributed by atoms with Crippen molar-refractivity contribution in [2.24, 2.45) is 0 Å². The van der Waals surface area contributed by atoms with Crippen molar-refractivity contribution in [3.63, 3.8) is 0 Å². The molecule has 1 aromatic rings. The average molecular weight is 257 g/mol.